The summed E-state index contributed by atoms with van der Waals surface area (Å²) in [6.07, 6.45) is 7.33. The van der Waals surface area contributed by atoms with E-state index in [0.29, 0.717) is 4.77 Å². The molecule has 1 aromatic heterocycles. The van der Waals surface area contributed by atoms with E-state index < -0.39 is 0 Å². The van der Waals surface area contributed by atoms with Crippen molar-refractivity contribution in [1.29, 1.82) is 0 Å². The van der Waals surface area contributed by atoms with Gasteiger partial charge in [0.05, 0.1) is 12.9 Å². The molecule has 0 aliphatic carbocycles. The van der Waals surface area contributed by atoms with Crippen LogP contribution in [0.4, 0.5) is 0 Å². The Labute approximate surface area is 129 Å². The molecule has 1 aliphatic rings. The SMILES string of the molecule is S=c1n(/N=C/c2ccccc2)cnn1CN1CCCCC1. The summed E-state index contributed by atoms with van der Waals surface area (Å²) in [5.41, 5.74) is 1.04. The molecule has 0 atom stereocenters. The van der Waals surface area contributed by atoms with Crippen molar-refractivity contribution in [2.24, 2.45) is 5.10 Å². The lowest BCUT2D eigenvalue weighted by molar-refractivity contribution is 0.172. The standard InChI is InChI=1S/C15H19N5S/c21-15-19(16-11-14-7-3-1-4-8-14)12-17-20(15)13-18-9-5-2-6-10-18/h1,3-4,7-8,11-12H,2,5-6,9-10,13H2/b16-11+. The van der Waals surface area contributed by atoms with Crippen LogP contribution in [0.2, 0.25) is 0 Å². The van der Waals surface area contributed by atoms with Crippen LogP contribution in [0.5, 0.6) is 0 Å². The van der Waals surface area contributed by atoms with Gasteiger partial charge < -0.3 is 0 Å². The predicted molar refractivity (Wildman–Crippen MR) is 85.9 cm³/mol. The van der Waals surface area contributed by atoms with E-state index in [4.69, 9.17) is 12.2 Å². The molecule has 0 radical (unpaired) electrons. The summed E-state index contributed by atoms with van der Waals surface area (Å²) in [4.78, 5) is 2.39. The maximum atomic E-state index is 5.43. The maximum absolute atomic E-state index is 5.43. The van der Waals surface area contributed by atoms with Crippen molar-refractivity contribution < 1.29 is 0 Å². The van der Waals surface area contributed by atoms with E-state index in [0.717, 1.165) is 25.3 Å². The van der Waals surface area contributed by atoms with Crippen molar-refractivity contribution in [1.82, 2.24) is 19.4 Å². The van der Waals surface area contributed by atoms with E-state index in [-0.39, 0.29) is 0 Å². The molecule has 3 rings (SSSR count). The number of piperidine rings is 1. The van der Waals surface area contributed by atoms with Crippen LogP contribution in [0.15, 0.2) is 41.8 Å². The smallest absolute Gasteiger partial charge is 0.220 e. The Bertz CT molecular complexity index is 652. The molecule has 0 bridgehead atoms. The fourth-order valence-corrected chi connectivity index (χ4v) is 2.66. The number of aromatic nitrogens is 3. The summed E-state index contributed by atoms with van der Waals surface area (Å²) >= 11 is 5.43. The number of hydrogen-bond acceptors (Lipinski definition) is 4. The van der Waals surface area contributed by atoms with Crippen molar-refractivity contribution in [2.45, 2.75) is 25.9 Å². The van der Waals surface area contributed by atoms with E-state index in [1.807, 2.05) is 35.0 Å². The highest BCUT2D eigenvalue weighted by atomic mass is 32.1. The first kappa shape index (κ1) is 14.2. The Balaban J connectivity index is 1.70. The molecule has 1 saturated heterocycles. The molecule has 110 valence electrons. The lowest BCUT2D eigenvalue weighted by atomic mass is 10.1. The van der Waals surface area contributed by atoms with E-state index >= 15 is 0 Å². The van der Waals surface area contributed by atoms with E-state index in [9.17, 15) is 0 Å². The van der Waals surface area contributed by atoms with Gasteiger partial charge in [0, 0.05) is 0 Å². The lowest BCUT2D eigenvalue weighted by Gasteiger charge is -2.25. The molecule has 21 heavy (non-hydrogen) atoms. The van der Waals surface area contributed by atoms with Gasteiger partial charge in [-0.25, -0.2) is 4.68 Å². The van der Waals surface area contributed by atoms with Crippen LogP contribution in [-0.4, -0.2) is 38.7 Å². The molecular weight excluding hydrogens is 282 g/mol. The van der Waals surface area contributed by atoms with Crippen molar-refractivity contribution in [3.8, 4) is 0 Å². The van der Waals surface area contributed by atoms with Gasteiger partial charge in [-0.3, -0.25) is 4.90 Å². The Morgan fingerprint density at radius 3 is 2.67 bits per heavy atom. The van der Waals surface area contributed by atoms with Crippen LogP contribution in [0.3, 0.4) is 0 Å². The predicted octanol–water partition coefficient (Wildman–Crippen LogP) is 2.74. The van der Waals surface area contributed by atoms with Crippen LogP contribution in [0, 0.1) is 4.77 Å². The Hall–Kier alpha value is -1.79. The number of rotatable bonds is 4. The van der Waals surface area contributed by atoms with Gasteiger partial charge in [0.2, 0.25) is 4.77 Å². The summed E-state index contributed by atoms with van der Waals surface area (Å²) < 4.78 is 4.11. The second kappa shape index (κ2) is 6.78. The molecule has 1 aromatic carbocycles. The van der Waals surface area contributed by atoms with Crippen LogP contribution in [-0.2, 0) is 6.67 Å². The van der Waals surface area contributed by atoms with Gasteiger partial charge in [0.25, 0.3) is 0 Å². The third-order valence-corrected chi connectivity index (χ3v) is 4.03. The zero-order valence-electron chi connectivity index (χ0n) is 11.9. The zero-order valence-corrected chi connectivity index (χ0v) is 12.7. The molecular formula is C15H19N5S. The maximum Gasteiger partial charge on any atom is 0.220 e. The highest BCUT2D eigenvalue weighted by molar-refractivity contribution is 7.71. The molecule has 1 fully saturated rings. The highest BCUT2D eigenvalue weighted by Gasteiger charge is 2.11. The van der Waals surface area contributed by atoms with Crippen molar-refractivity contribution in [3.63, 3.8) is 0 Å². The quantitative estimate of drug-likeness (QED) is 0.644. The minimum absolute atomic E-state index is 0.632. The van der Waals surface area contributed by atoms with Crippen LogP contribution in [0.25, 0.3) is 0 Å². The Morgan fingerprint density at radius 2 is 1.90 bits per heavy atom. The molecule has 2 heterocycles. The number of benzene rings is 1. The second-order valence-corrected chi connectivity index (χ2v) is 5.60. The fraction of sp³-hybridized carbons (Fsp3) is 0.400. The molecule has 1 aliphatic heterocycles. The van der Waals surface area contributed by atoms with Gasteiger partial charge in [0.1, 0.15) is 6.33 Å². The molecule has 0 saturated carbocycles. The fourth-order valence-electron chi connectivity index (χ4n) is 2.46. The number of likely N-dealkylation sites (tertiary alicyclic amines) is 1. The minimum Gasteiger partial charge on any atom is -0.284 e. The first-order valence-electron chi connectivity index (χ1n) is 7.29. The van der Waals surface area contributed by atoms with Gasteiger partial charge in [-0.05, 0) is 43.7 Å². The summed E-state index contributed by atoms with van der Waals surface area (Å²) in [7, 11) is 0. The third kappa shape index (κ3) is 3.65. The van der Waals surface area contributed by atoms with Gasteiger partial charge in [0.15, 0.2) is 0 Å². The molecule has 5 nitrogen and oxygen atoms in total. The van der Waals surface area contributed by atoms with Gasteiger partial charge in [-0.2, -0.15) is 14.9 Å². The molecule has 0 amide bonds. The van der Waals surface area contributed by atoms with Gasteiger partial charge >= 0.3 is 0 Å². The largest absolute Gasteiger partial charge is 0.284 e. The van der Waals surface area contributed by atoms with Gasteiger partial charge in [-0.15, -0.1) is 0 Å². The zero-order chi connectivity index (χ0) is 14.5. The third-order valence-electron chi connectivity index (χ3n) is 3.63. The summed E-state index contributed by atoms with van der Waals surface area (Å²) in [6, 6.07) is 9.97. The number of hydrogen-bond donors (Lipinski definition) is 0. The summed E-state index contributed by atoms with van der Waals surface area (Å²) in [5, 5.41) is 8.72. The Kier molecular flexibility index (Phi) is 4.57. The van der Waals surface area contributed by atoms with Crippen molar-refractivity contribution in [3.05, 3.63) is 47.0 Å². The topological polar surface area (TPSA) is 38.4 Å². The second-order valence-electron chi connectivity index (χ2n) is 5.23. The Morgan fingerprint density at radius 1 is 1.14 bits per heavy atom. The average molecular weight is 301 g/mol. The molecule has 0 N–H and O–H groups in total. The van der Waals surface area contributed by atoms with Crippen molar-refractivity contribution in [2.75, 3.05) is 13.1 Å². The van der Waals surface area contributed by atoms with Crippen LogP contribution < -0.4 is 0 Å². The van der Waals surface area contributed by atoms with Crippen LogP contribution in [0.1, 0.15) is 24.8 Å². The van der Waals surface area contributed by atoms with Crippen molar-refractivity contribution >= 4 is 18.4 Å². The molecule has 0 unspecified atom stereocenters. The lowest BCUT2D eigenvalue weighted by Crippen LogP contribution is -2.32. The summed E-state index contributed by atoms with van der Waals surface area (Å²) in [5.74, 6) is 0. The first-order chi connectivity index (χ1) is 10.3. The van der Waals surface area contributed by atoms with Gasteiger partial charge in [-0.1, -0.05) is 36.8 Å². The minimum atomic E-state index is 0.632. The van der Waals surface area contributed by atoms with E-state index in [1.54, 1.807) is 17.2 Å². The monoisotopic (exact) mass is 301 g/mol. The first-order valence-corrected chi connectivity index (χ1v) is 7.70. The summed E-state index contributed by atoms with van der Waals surface area (Å²) in [6.45, 7) is 3.01. The van der Waals surface area contributed by atoms with E-state index in [1.165, 1.54) is 19.3 Å². The molecule has 6 heteroatoms. The average Bonchev–Trinajstić information content (AvgIpc) is 2.88. The number of nitrogens with zero attached hydrogens (tertiary/aromatic N) is 5. The molecule has 2 aromatic rings. The normalized spacial score (nSPS) is 16.6. The van der Waals surface area contributed by atoms with E-state index in [2.05, 4.69) is 15.1 Å². The molecule has 0 spiro atoms. The highest BCUT2D eigenvalue weighted by Crippen LogP contribution is 2.09. The van der Waals surface area contributed by atoms with Crippen LogP contribution >= 0.6 is 12.2 Å².